The molecular weight excluding hydrogens is 362 g/mol. The van der Waals surface area contributed by atoms with Gasteiger partial charge in [-0.15, -0.1) is 0 Å². The van der Waals surface area contributed by atoms with Gasteiger partial charge in [0.25, 0.3) is 11.7 Å². The van der Waals surface area contributed by atoms with E-state index in [0.29, 0.717) is 55.8 Å². The van der Waals surface area contributed by atoms with Crippen LogP contribution in [0.1, 0.15) is 27.8 Å². The maximum atomic E-state index is 13.1. The molecule has 4 heterocycles. The lowest BCUT2D eigenvalue weighted by Gasteiger charge is -2.33. The molecule has 1 atom stereocenters. The van der Waals surface area contributed by atoms with Gasteiger partial charge in [0, 0.05) is 17.8 Å². The van der Waals surface area contributed by atoms with Crippen LogP contribution in [-0.4, -0.2) is 63.3 Å². The van der Waals surface area contributed by atoms with E-state index < -0.39 is 0 Å². The van der Waals surface area contributed by atoms with Crippen LogP contribution in [0.15, 0.2) is 30.6 Å². The molecule has 9 heteroatoms. The number of benzene rings is 1. The van der Waals surface area contributed by atoms with Crippen molar-refractivity contribution in [2.75, 3.05) is 32.9 Å². The number of ether oxygens (including phenoxy) is 3. The Labute approximate surface area is 160 Å². The van der Waals surface area contributed by atoms with Crippen molar-refractivity contribution in [3.05, 3.63) is 47.5 Å². The number of nitrogens with zero attached hydrogens (tertiary/aromatic N) is 5. The number of aromatic nitrogens is 4. The highest BCUT2D eigenvalue weighted by Gasteiger charge is 2.29. The van der Waals surface area contributed by atoms with Gasteiger partial charge in [-0.2, -0.15) is 14.6 Å². The Morgan fingerprint density at radius 2 is 2.00 bits per heavy atom. The van der Waals surface area contributed by atoms with Crippen molar-refractivity contribution in [1.29, 1.82) is 0 Å². The fourth-order valence-corrected chi connectivity index (χ4v) is 3.56. The second-order valence-corrected chi connectivity index (χ2v) is 6.76. The number of hydrogen-bond donors (Lipinski definition) is 0. The van der Waals surface area contributed by atoms with Gasteiger partial charge in [-0.25, -0.2) is 4.98 Å². The molecule has 144 valence electrons. The van der Waals surface area contributed by atoms with Crippen LogP contribution in [0.4, 0.5) is 0 Å². The number of aryl methyl sites for hydroxylation is 1. The second kappa shape index (κ2) is 6.75. The first kappa shape index (κ1) is 16.9. The number of hydrogen-bond acceptors (Lipinski definition) is 7. The summed E-state index contributed by atoms with van der Waals surface area (Å²) in [6, 6.07) is 7.22. The van der Waals surface area contributed by atoms with Crippen LogP contribution >= 0.6 is 0 Å². The summed E-state index contributed by atoms with van der Waals surface area (Å²) in [5, 5.41) is 4.24. The van der Waals surface area contributed by atoms with Crippen molar-refractivity contribution >= 4 is 11.7 Å². The maximum Gasteiger partial charge on any atom is 0.254 e. The molecule has 0 radical (unpaired) electrons. The van der Waals surface area contributed by atoms with Gasteiger partial charge in [-0.1, -0.05) is 0 Å². The lowest BCUT2D eigenvalue weighted by Crippen LogP contribution is -2.42. The zero-order chi connectivity index (χ0) is 19.1. The van der Waals surface area contributed by atoms with E-state index in [1.54, 1.807) is 27.6 Å². The first-order valence-electron chi connectivity index (χ1n) is 9.17. The van der Waals surface area contributed by atoms with Crippen molar-refractivity contribution < 1.29 is 19.0 Å². The topological polar surface area (TPSA) is 91.1 Å². The van der Waals surface area contributed by atoms with E-state index in [2.05, 4.69) is 15.1 Å². The van der Waals surface area contributed by atoms with E-state index in [4.69, 9.17) is 14.2 Å². The third kappa shape index (κ3) is 2.93. The molecule has 0 spiro atoms. The Hall–Kier alpha value is -3.20. The Balaban J connectivity index is 1.41. The SMILES string of the molecule is Cc1cc(C2CN(C(=O)c3ccc4c(c3)OCCO4)CCO2)n2ncnc2n1. The van der Waals surface area contributed by atoms with Crippen LogP contribution < -0.4 is 9.47 Å². The third-order valence-corrected chi connectivity index (χ3v) is 4.88. The van der Waals surface area contributed by atoms with E-state index in [1.165, 1.54) is 6.33 Å². The highest BCUT2D eigenvalue weighted by molar-refractivity contribution is 5.95. The largest absolute Gasteiger partial charge is 0.486 e. The molecule has 5 rings (SSSR count). The standard InChI is InChI=1S/C19H19N5O4/c1-12-8-14(24-19(22-12)20-11-21-24)17-10-23(4-5-26-17)18(25)13-2-3-15-16(9-13)28-7-6-27-15/h2-3,8-9,11,17H,4-7,10H2,1H3. The first-order chi connectivity index (χ1) is 13.7. The summed E-state index contributed by atoms with van der Waals surface area (Å²) in [6.07, 6.45) is 1.16. The maximum absolute atomic E-state index is 13.1. The van der Waals surface area contributed by atoms with Crippen molar-refractivity contribution in [3.8, 4) is 11.5 Å². The minimum absolute atomic E-state index is 0.0640. The molecule has 9 nitrogen and oxygen atoms in total. The van der Waals surface area contributed by atoms with Crippen LogP contribution in [-0.2, 0) is 4.74 Å². The van der Waals surface area contributed by atoms with Crippen LogP contribution in [0.25, 0.3) is 5.78 Å². The molecule has 3 aromatic rings. The molecule has 1 saturated heterocycles. The van der Waals surface area contributed by atoms with Gasteiger partial charge >= 0.3 is 0 Å². The molecule has 2 aliphatic heterocycles. The Kier molecular flexibility index (Phi) is 4.09. The van der Waals surface area contributed by atoms with E-state index >= 15 is 0 Å². The highest BCUT2D eigenvalue weighted by atomic mass is 16.6. The fourth-order valence-electron chi connectivity index (χ4n) is 3.56. The molecule has 1 amide bonds. The lowest BCUT2D eigenvalue weighted by molar-refractivity contribution is -0.0257. The summed E-state index contributed by atoms with van der Waals surface area (Å²) in [5.74, 6) is 1.74. The van der Waals surface area contributed by atoms with Gasteiger partial charge in [0.2, 0.25) is 0 Å². The normalized spacial score (nSPS) is 19.0. The molecule has 0 saturated carbocycles. The molecule has 1 aromatic carbocycles. The average molecular weight is 381 g/mol. The number of amides is 1. The predicted octanol–water partition coefficient (Wildman–Crippen LogP) is 1.42. The Bertz CT molecular complexity index is 1050. The highest BCUT2D eigenvalue weighted by Crippen LogP contribution is 2.32. The Morgan fingerprint density at radius 3 is 2.89 bits per heavy atom. The number of fused-ring (bicyclic) bond motifs is 2. The fraction of sp³-hybridized carbons (Fsp3) is 0.368. The molecule has 2 aliphatic rings. The number of carbonyl (C=O) groups excluding carboxylic acids is 1. The van der Waals surface area contributed by atoms with Crippen LogP contribution in [0.5, 0.6) is 11.5 Å². The predicted molar refractivity (Wildman–Crippen MR) is 97.5 cm³/mol. The summed E-state index contributed by atoms with van der Waals surface area (Å²) in [5.41, 5.74) is 2.23. The molecule has 1 unspecified atom stereocenters. The van der Waals surface area contributed by atoms with Gasteiger partial charge in [0.15, 0.2) is 11.5 Å². The summed E-state index contributed by atoms with van der Waals surface area (Å²) in [4.78, 5) is 23.4. The second-order valence-electron chi connectivity index (χ2n) is 6.76. The first-order valence-corrected chi connectivity index (χ1v) is 9.17. The molecule has 0 bridgehead atoms. The smallest absolute Gasteiger partial charge is 0.254 e. The number of rotatable bonds is 2. The quantitative estimate of drug-likeness (QED) is 0.663. The van der Waals surface area contributed by atoms with Crippen molar-refractivity contribution in [2.24, 2.45) is 0 Å². The third-order valence-electron chi connectivity index (χ3n) is 4.88. The average Bonchev–Trinajstić information content (AvgIpc) is 3.20. The van der Waals surface area contributed by atoms with E-state index in [1.807, 2.05) is 13.0 Å². The van der Waals surface area contributed by atoms with Crippen molar-refractivity contribution in [2.45, 2.75) is 13.0 Å². The van der Waals surface area contributed by atoms with E-state index in [0.717, 1.165) is 11.4 Å². The van der Waals surface area contributed by atoms with Crippen LogP contribution in [0.2, 0.25) is 0 Å². The minimum atomic E-state index is -0.305. The van der Waals surface area contributed by atoms with Gasteiger partial charge in [0.1, 0.15) is 25.6 Å². The van der Waals surface area contributed by atoms with E-state index in [9.17, 15) is 4.79 Å². The van der Waals surface area contributed by atoms with E-state index in [-0.39, 0.29) is 12.0 Å². The zero-order valence-corrected chi connectivity index (χ0v) is 15.4. The van der Waals surface area contributed by atoms with Gasteiger partial charge in [-0.05, 0) is 31.2 Å². The monoisotopic (exact) mass is 381 g/mol. The number of carbonyl (C=O) groups is 1. The van der Waals surface area contributed by atoms with Gasteiger partial charge < -0.3 is 19.1 Å². The number of morpholine rings is 1. The minimum Gasteiger partial charge on any atom is -0.486 e. The zero-order valence-electron chi connectivity index (χ0n) is 15.4. The van der Waals surface area contributed by atoms with Crippen molar-refractivity contribution in [1.82, 2.24) is 24.5 Å². The molecule has 0 N–H and O–H groups in total. The molecule has 1 fully saturated rings. The molecular formula is C19H19N5O4. The summed E-state index contributed by atoms with van der Waals surface area (Å²) < 4.78 is 18.7. The summed E-state index contributed by atoms with van der Waals surface area (Å²) in [6.45, 7) is 4.30. The summed E-state index contributed by atoms with van der Waals surface area (Å²) >= 11 is 0. The molecule has 2 aromatic heterocycles. The van der Waals surface area contributed by atoms with Gasteiger partial charge in [0.05, 0.1) is 18.8 Å². The van der Waals surface area contributed by atoms with Crippen molar-refractivity contribution in [3.63, 3.8) is 0 Å². The summed E-state index contributed by atoms with van der Waals surface area (Å²) in [7, 11) is 0. The van der Waals surface area contributed by atoms with Crippen LogP contribution in [0.3, 0.4) is 0 Å². The lowest BCUT2D eigenvalue weighted by atomic mass is 10.1. The molecule has 28 heavy (non-hydrogen) atoms. The van der Waals surface area contributed by atoms with Gasteiger partial charge in [-0.3, -0.25) is 4.79 Å². The molecule has 0 aliphatic carbocycles. The van der Waals surface area contributed by atoms with Crippen LogP contribution in [0, 0.1) is 6.92 Å². The Morgan fingerprint density at radius 1 is 1.14 bits per heavy atom.